The summed E-state index contributed by atoms with van der Waals surface area (Å²) >= 11 is 0. The molecular weight excluding hydrogens is 482 g/mol. The number of hydrogen-bond donors (Lipinski definition) is 0. The molecule has 0 aliphatic carbocycles. The maximum atomic E-state index is 2.38. The normalized spacial score (nSPS) is 11.8. The molecule has 0 N–H and O–H groups in total. The van der Waals surface area contributed by atoms with Crippen molar-refractivity contribution in [3.05, 3.63) is 144 Å². The Morgan fingerprint density at radius 2 is 1.27 bits per heavy atom. The van der Waals surface area contributed by atoms with Crippen LogP contribution in [0.15, 0.2) is 128 Å². The van der Waals surface area contributed by atoms with Crippen LogP contribution >= 0.6 is 0 Å². The molecule has 1 heteroatoms. The zero-order chi connectivity index (χ0) is 27.2. The van der Waals surface area contributed by atoms with Crippen molar-refractivity contribution >= 4 is 38.5 Å². The predicted molar refractivity (Wildman–Crippen MR) is 173 cm³/mol. The van der Waals surface area contributed by atoms with Crippen molar-refractivity contribution in [2.45, 2.75) is 20.8 Å². The molecule has 1 aromatic heterocycles. The topological polar surface area (TPSA) is 4.93 Å². The van der Waals surface area contributed by atoms with Gasteiger partial charge in [-0.15, -0.1) is 0 Å². The molecule has 0 spiro atoms. The summed E-state index contributed by atoms with van der Waals surface area (Å²) in [4.78, 5) is 0. The van der Waals surface area contributed by atoms with Gasteiger partial charge in [-0.25, -0.2) is 0 Å². The molecule has 1 nitrogen and oxygen atoms in total. The second-order valence-corrected chi connectivity index (χ2v) is 10.7. The van der Waals surface area contributed by atoms with Gasteiger partial charge in [-0.1, -0.05) is 91.0 Å². The Hall–Kier alpha value is -4.88. The lowest BCUT2D eigenvalue weighted by molar-refractivity contribution is 1.13. The van der Waals surface area contributed by atoms with Gasteiger partial charge < -0.3 is 4.57 Å². The van der Waals surface area contributed by atoms with Crippen LogP contribution in [-0.4, -0.2) is 4.57 Å². The second-order valence-electron chi connectivity index (χ2n) is 10.7. The zero-order valence-electron chi connectivity index (χ0n) is 23.1. The molecule has 192 valence electrons. The van der Waals surface area contributed by atoms with Crippen LogP contribution in [0.25, 0.3) is 66.5 Å². The highest BCUT2D eigenvalue weighted by atomic mass is 15.0. The van der Waals surface area contributed by atoms with Gasteiger partial charge in [0.15, 0.2) is 0 Å². The zero-order valence-corrected chi connectivity index (χ0v) is 23.1. The number of hydrogen-bond acceptors (Lipinski definition) is 0. The first-order valence-corrected chi connectivity index (χ1v) is 14.0. The summed E-state index contributed by atoms with van der Waals surface area (Å²) in [7, 11) is 0. The van der Waals surface area contributed by atoms with E-state index in [4.69, 9.17) is 0 Å². The lowest BCUT2D eigenvalue weighted by Crippen LogP contribution is -1.94. The maximum Gasteiger partial charge on any atom is 0.0528 e. The van der Waals surface area contributed by atoms with Gasteiger partial charge in [0.2, 0.25) is 0 Å². The Labute approximate surface area is 235 Å². The number of allylic oxidation sites excluding steroid dienone is 1. The van der Waals surface area contributed by atoms with Crippen LogP contribution in [0.5, 0.6) is 0 Å². The number of aromatic nitrogens is 1. The molecule has 0 radical (unpaired) electrons. The van der Waals surface area contributed by atoms with E-state index in [1.54, 1.807) is 0 Å². The van der Waals surface area contributed by atoms with Crippen LogP contribution in [0, 0.1) is 13.8 Å². The van der Waals surface area contributed by atoms with Crippen molar-refractivity contribution in [3.8, 4) is 27.9 Å². The van der Waals surface area contributed by atoms with Crippen molar-refractivity contribution in [3.63, 3.8) is 0 Å². The molecular formula is C39H31N. The van der Waals surface area contributed by atoms with Gasteiger partial charge in [0.05, 0.1) is 5.52 Å². The fourth-order valence-corrected chi connectivity index (χ4v) is 6.23. The summed E-state index contributed by atoms with van der Waals surface area (Å²) in [5.41, 5.74) is 11.3. The summed E-state index contributed by atoms with van der Waals surface area (Å²) < 4.78 is 2.27. The average Bonchev–Trinajstić information content (AvgIpc) is 3.42. The van der Waals surface area contributed by atoms with Gasteiger partial charge in [-0.3, -0.25) is 0 Å². The average molecular weight is 514 g/mol. The molecule has 40 heavy (non-hydrogen) atoms. The standard InChI is InChI=1S/C39H31N/c1-4-9-28-15-21-38-31(24-28)22-23-40(38)32-19-17-29(18-20-32)30-16-14-26(2)37(25-30)39-27(3)33-10-5-6-11-34(33)35-12-7-8-13-36(35)39/h4-25H,1-3H3/b9-4+. The van der Waals surface area contributed by atoms with E-state index in [-0.39, 0.29) is 0 Å². The molecule has 0 saturated heterocycles. The van der Waals surface area contributed by atoms with Crippen LogP contribution in [0.4, 0.5) is 0 Å². The van der Waals surface area contributed by atoms with Gasteiger partial charge in [-0.05, 0) is 118 Å². The summed E-state index contributed by atoms with van der Waals surface area (Å²) in [6, 6.07) is 42.3. The van der Waals surface area contributed by atoms with Gasteiger partial charge in [0.25, 0.3) is 0 Å². The van der Waals surface area contributed by atoms with E-state index in [0.717, 1.165) is 0 Å². The minimum Gasteiger partial charge on any atom is -0.317 e. The molecule has 7 aromatic rings. The summed E-state index contributed by atoms with van der Waals surface area (Å²) in [5, 5.41) is 6.51. The summed E-state index contributed by atoms with van der Waals surface area (Å²) in [6.45, 7) is 6.55. The lowest BCUT2D eigenvalue weighted by Gasteiger charge is -2.18. The van der Waals surface area contributed by atoms with Crippen LogP contribution < -0.4 is 0 Å². The Kier molecular flexibility index (Phi) is 5.86. The monoisotopic (exact) mass is 513 g/mol. The molecule has 1 heterocycles. The molecule has 0 fully saturated rings. The number of rotatable bonds is 4. The van der Waals surface area contributed by atoms with Crippen molar-refractivity contribution in [2.75, 3.05) is 0 Å². The smallest absolute Gasteiger partial charge is 0.0528 e. The molecule has 0 aliphatic rings. The molecule has 0 unspecified atom stereocenters. The van der Waals surface area contributed by atoms with E-state index in [9.17, 15) is 0 Å². The first kappa shape index (κ1) is 24.2. The van der Waals surface area contributed by atoms with Crippen LogP contribution in [0.3, 0.4) is 0 Å². The maximum absolute atomic E-state index is 2.38. The van der Waals surface area contributed by atoms with Crippen LogP contribution in [0.2, 0.25) is 0 Å². The molecule has 0 saturated carbocycles. The van der Waals surface area contributed by atoms with Crippen molar-refractivity contribution < 1.29 is 0 Å². The van der Waals surface area contributed by atoms with E-state index < -0.39 is 0 Å². The van der Waals surface area contributed by atoms with Gasteiger partial charge >= 0.3 is 0 Å². The molecule has 7 rings (SSSR count). The fraction of sp³-hybridized carbons (Fsp3) is 0.0769. The van der Waals surface area contributed by atoms with Gasteiger partial charge in [0, 0.05) is 17.3 Å². The largest absolute Gasteiger partial charge is 0.317 e. The third-order valence-corrected chi connectivity index (χ3v) is 8.25. The first-order chi connectivity index (χ1) is 19.6. The first-order valence-electron chi connectivity index (χ1n) is 14.0. The van der Waals surface area contributed by atoms with Gasteiger partial charge in [0.1, 0.15) is 0 Å². The van der Waals surface area contributed by atoms with Crippen LogP contribution in [0.1, 0.15) is 23.6 Å². The van der Waals surface area contributed by atoms with Crippen molar-refractivity contribution in [2.24, 2.45) is 0 Å². The Morgan fingerprint density at radius 1 is 0.600 bits per heavy atom. The molecule has 6 aromatic carbocycles. The molecule has 0 aliphatic heterocycles. The number of benzene rings is 6. The van der Waals surface area contributed by atoms with E-state index >= 15 is 0 Å². The quantitative estimate of drug-likeness (QED) is 0.206. The van der Waals surface area contributed by atoms with E-state index in [1.165, 1.54) is 77.1 Å². The number of aryl methyl sites for hydroxylation is 2. The fourth-order valence-electron chi connectivity index (χ4n) is 6.23. The highest BCUT2D eigenvalue weighted by molar-refractivity contribution is 6.16. The minimum absolute atomic E-state index is 1.17. The lowest BCUT2D eigenvalue weighted by atomic mass is 9.86. The van der Waals surface area contributed by atoms with Crippen molar-refractivity contribution in [1.29, 1.82) is 0 Å². The summed E-state index contributed by atoms with van der Waals surface area (Å²) in [5.74, 6) is 0. The third-order valence-electron chi connectivity index (χ3n) is 8.25. The molecule has 0 amide bonds. The summed E-state index contributed by atoms with van der Waals surface area (Å²) in [6.07, 6.45) is 6.39. The predicted octanol–water partition coefficient (Wildman–Crippen LogP) is 10.9. The van der Waals surface area contributed by atoms with E-state index in [1.807, 2.05) is 0 Å². The minimum atomic E-state index is 1.17. The Bertz CT molecular complexity index is 2070. The van der Waals surface area contributed by atoms with Gasteiger partial charge in [-0.2, -0.15) is 0 Å². The van der Waals surface area contributed by atoms with E-state index in [2.05, 4.69) is 159 Å². The Balaban J connectivity index is 1.32. The van der Waals surface area contributed by atoms with E-state index in [0.29, 0.717) is 0 Å². The number of nitrogens with zero attached hydrogens (tertiary/aromatic N) is 1. The SMILES string of the molecule is C/C=C/c1ccc2c(ccn2-c2ccc(-c3ccc(C)c(-c4c(C)c5ccccc5c5ccccc45)c3)cc2)c1. The van der Waals surface area contributed by atoms with Crippen molar-refractivity contribution in [1.82, 2.24) is 4.57 Å². The molecule has 0 atom stereocenters. The van der Waals surface area contributed by atoms with Crippen LogP contribution in [-0.2, 0) is 0 Å². The third kappa shape index (κ3) is 3.94. The Morgan fingerprint density at radius 3 is 2.02 bits per heavy atom. The highest BCUT2D eigenvalue weighted by Gasteiger charge is 2.15. The molecule has 0 bridgehead atoms. The highest BCUT2D eigenvalue weighted by Crippen LogP contribution is 2.41. The second kappa shape index (κ2) is 9.70. The number of fused-ring (bicyclic) bond motifs is 4.